The first-order chi connectivity index (χ1) is 9.86. The monoisotopic (exact) mass is 318 g/mol. The van der Waals surface area contributed by atoms with E-state index in [0.29, 0.717) is 13.1 Å². The highest BCUT2D eigenvalue weighted by atomic mass is 32.2. The van der Waals surface area contributed by atoms with Gasteiger partial charge in [-0.05, 0) is 38.1 Å². The maximum Gasteiger partial charge on any atom is 0.274 e. The third-order valence-electron chi connectivity index (χ3n) is 4.75. The summed E-state index contributed by atoms with van der Waals surface area (Å²) in [5.41, 5.74) is -0.269. The predicted octanol–water partition coefficient (Wildman–Crippen LogP) is -0.592. The fraction of sp³-hybridized carbons (Fsp3) is 0.923. The van der Waals surface area contributed by atoms with E-state index in [9.17, 15) is 13.2 Å². The van der Waals surface area contributed by atoms with Crippen LogP contribution < -0.4 is 15.2 Å². The van der Waals surface area contributed by atoms with Gasteiger partial charge in [-0.3, -0.25) is 4.79 Å². The number of carbonyl (C=O) groups excluding carboxylic acids is 1. The Balaban J connectivity index is 1.95. The van der Waals surface area contributed by atoms with Crippen LogP contribution in [-0.4, -0.2) is 51.9 Å². The van der Waals surface area contributed by atoms with E-state index in [1.165, 1.54) is 0 Å². The molecule has 2 aliphatic rings. The zero-order chi connectivity index (χ0) is 15.5. The number of rotatable bonds is 5. The molecule has 1 amide bonds. The Labute approximate surface area is 126 Å². The molecular formula is C13H26N4O3S. The quantitative estimate of drug-likeness (QED) is 0.630. The average Bonchev–Trinajstić information content (AvgIpc) is 2.94. The fourth-order valence-electron chi connectivity index (χ4n) is 3.36. The van der Waals surface area contributed by atoms with Gasteiger partial charge in [0.1, 0.15) is 0 Å². The maximum absolute atomic E-state index is 12.8. The van der Waals surface area contributed by atoms with Crippen molar-refractivity contribution in [2.24, 2.45) is 16.5 Å². The van der Waals surface area contributed by atoms with Crippen LogP contribution in [0, 0.1) is 11.3 Å². The van der Waals surface area contributed by atoms with E-state index < -0.39 is 10.2 Å². The van der Waals surface area contributed by atoms with Crippen LogP contribution >= 0.6 is 0 Å². The third kappa shape index (κ3) is 4.15. The Bertz CT molecular complexity index is 474. The third-order valence-corrected chi connectivity index (χ3v) is 5.32. The molecule has 0 bridgehead atoms. The summed E-state index contributed by atoms with van der Waals surface area (Å²) in [5.74, 6) is 0.361. The molecule has 0 aromatic rings. The highest BCUT2D eigenvalue weighted by Crippen LogP contribution is 2.33. The lowest BCUT2D eigenvalue weighted by Gasteiger charge is -2.38. The second kappa shape index (κ2) is 6.60. The van der Waals surface area contributed by atoms with Gasteiger partial charge in [0, 0.05) is 26.2 Å². The van der Waals surface area contributed by atoms with Crippen molar-refractivity contribution < 1.29 is 13.2 Å². The molecule has 2 rings (SSSR count). The van der Waals surface area contributed by atoms with Crippen LogP contribution in [0.5, 0.6) is 0 Å². The van der Waals surface area contributed by atoms with Crippen molar-refractivity contribution in [3.63, 3.8) is 0 Å². The summed E-state index contributed by atoms with van der Waals surface area (Å²) in [4.78, 5) is 14.7. The molecule has 21 heavy (non-hydrogen) atoms. The summed E-state index contributed by atoms with van der Waals surface area (Å²) in [5, 5.41) is 8.25. The number of carbonyl (C=O) groups is 1. The minimum atomic E-state index is -3.66. The van der Waals surface area contributed by atoms with Gasteiger partial charge in [-0.1, -0.05) is 6.92 Å². The fourth-order valence-corrected chi connectivity index (χ4v) is 3.83. The number of nitrogens with one attached hydrogen (secondary N) is 2. The van der Waals surface area contributed by atoms with Crippen LogP contribution in [0.25, 0.3) is 0 Å². The van der Waals surface area contributed by atoms with E-state index in [1.54, 1.807) is 0 Å². The molecule has 0 aromatic heterocycles. The smallest absolute Gasteiger partial charge is 0.274 e. The van der Waals surface area contributed by atoms with E-state index >= 15 is 0 Å². The standard InChI is InChI=1S/C13H26N4O3S/c1-2-13(5-6-15-10-13)12(18)17-7-3-4-11(9-17)8-16-21(14,19)20/h11,15-16H,2-10H2,1H3,(H2,14,19,20). The lowest BCUT2D eigenvalue weighted by atomic mass is 9.82. The molecule has 7 nitrogen and oxygen atoms in total. The molecule has 2 fully saturated rings. The molecule has 122 valence electrons. The minimum Gasteiger partial charge on any atom is -0.342 e. The summed E-state index contributed by atoms with van der Waals surface area (Å²) in [6.45, 7) is 5.40. The first-order valence-corrected chi connectivity index (χ1v) is 9.18. The molecule has 0 aliphatic carbocycles. The zero-order valence-corrected chi connectivity index (χ0v) is 13.4. The summed E-state index contributed by atoms with van der Waals surface area (Å²) in [7, 11) is -3.66. The summed E-state index contributed by atoms with van der Waals surface area (Å²) in [6.07, 6.45) is 3.56. The Kier molecular flexibility index (Phi) is 5.24. The van der Waals surface area contributed by atoms with Gasteiger partial charge in [-0.2, -0.15) is 8.42 Å². The SMILES string of the molecule is CCC1(C(=O)N2CCCC(CNS(N)(=O)=O)C2)CCNC1. The second-order valence-corrected chi connectivity index (χ2v) is 7.59. The van der Waals surface area contributed by atoms with Gasteiger partial charge in [-0.15, -0.1) is 0 Å². The van der Waals surface area contributed by atoms with Crippen molar-refractivity contribution in [3.05, 3.63) is 0 Å². The van der Waals surface area contributed by atoms with Gasteiger partial charge in [0.15, 0.2) is 0 Å². The van der Waals surface area contributed by atoms with Gasteiger partial charge >= 0.3 is 0 Å². The average molecular weight is 318 g/mol. The van der Waals surface area contributed by atoms with E-state index in [2.05, 4.69) is 17.0 Å². The van der Waals surface area contributed by atoms with Crippen molar-refractivity contribution in [2.75, 3.05) is 32.7 Å². The highest BCUT2D eigenvalue weighted by molar-refractivity contribution is 7.87. The van der Waals surface area contributed by atoms with Crippen LogP contribution in [0.3, 0.4) is 0 Å². The predicted molar refractivity (Wildman–Crippen MR) is 80.6 cm³/mol. The summed E-state index contributed by atoms with van der Waals surface area (Å²) >= 11 is 0. The molecule has 0 radical (unpaired) electrons. The Morgan fingerprint density at radius 2 is 2.29 bits per heavy atom. The number of hydrogen-bond donors (Lipinski definition) is 3. The Morgan fingerprint density at radius 1 is 1.52 bits per heavy atom. The number of likely N-dealkylation sites (tertiary alicyclic amines) is 1. The van der Waals surface area contributed by atoms with Crippen LogP contribution in [-0.2, 0) is 15.0 Å². The highest BCUT2D eigenvalue weighted by Gasteiger charge is 2.42. The topological polar surface area (TPSA) is 105 Å². The lowest BCUT2D eigenvalue weighted by molar-refractivity contribution is -0.143. The Hall–Kier alpha value is -0.700. The van der Waals surface area contributed by atoms with Crippen molar-refractivity contribution >= 4 is 16.1 Å². The number of nitrogens with zero attached hydrogens (tertiary/aromatic N) is 1. The summed E-state index contributed by atoms with van der Waals surface area (Å²) < 4.78 is 24.3. The number of amides is 1. The molecule has 0 saturated carbocycles. The molecule has 2 unspecified atom stereocenters. The van der Waals surface area contributed by atoms with Gasteiger partial charge in [0.05, 0.1) is 5.41 Å². The van der Waals surface area contributed by atoms with Gasteiger partial charge in [0.2, 0.25) is 5.91 Å². The van der Waals surface area contributed by atoms with E-state index in [4.69, 9.17) is 5.14 Å². The molecule has 2 aliphatic heterocycles. The van der Waals surface area contributed by atoms with Crippen molar-refractivity contribution in [3.8, 4) is 0 Å². The second-order valence-electron chi connectivity index (χ2n) is 6.21. The molecule has 0 aromatic carbocycles. The number of hydrogen-bond acceptors (Lipinski definition) is 4. The van der Waals surface area contributed by atoms with Crippen molar-refractivity contribution in [1.29, 1.82) is 0 Å². The molecular weight excluding hydrogens is 292 g/mol. The summed E-state index contributed by atoms with van der Waals surface area (Å²) in [6, 6.07) is 0. The Morgan fingerprint density at radius 3 is 2.86 bits per heavy atom. The van der Waals surface area contributed by atoms with Crippen molar-refractivity contribution in [2.45, 2.75) is 32.6 Å². The molecule has 8 heteroatoms. The number of piperidine rings is 1. The molecule has 4 N–H and O–H groups in total. The van der Waals surface area contributed by atoms with E-state index in [1.807, 2.05) is 4.90 Å². The van der Waals surface area contributed by atoms with E-state index in [-0.39, 0.29) is 17.2 Å². The maximum atomic E-state index is 12.8. The van der Waals surface area contributed by atoms with Crippen molar-refractivity contribution in [1.82, 2.24) is 14.9 Å². The zero-order valence-electron chi connectivity index (χ0n) is 12.6. The molecule has 0 spiro atoms. The molecule has 2 atom stereocenters. The molecule has 2 saturated heterocycles. The first kappa shape index (κ1) is 16.7. The van der Waals surface area contributed by atoms with Gasteiger partial charge in [0.25, 0.3) is 10.2 Å². The molecule has 2 heterocycles. The number of nitrogens with two attached hydrogens (primary N) is 1. The van der Waals surface area contributed by atoms with Gasteiger partial charge < -0.3 is 10.2 Å². The minimum absolute atomic E-state index is 0.143. The van der Waals surface area contributed by atoms with Crippen LogP contribution in [0.4, 0.5) is 0 Å². The van der Waals surface area contributed by atoms with Crippen LogP contribution in [0.2, 0.25) is 0 Å². The van der Waals surface area contributed by atoms with Gasteiger partial charge in [-0.25, -0.2) is 9.86 Å². The first-order valence-electron chi connectivity index (χ1n) is 7.64. The van der Waals surface area contributed by atoms with Crippen LogP contribution in [0.15, 0.2) is 0 Å². The normalized spacial score (nSPS) is 30.6. The largest absolute Gasteiger partial charge is 0.342 e. The van der Waals surface area contributed by atoms with E-state index in [0.717, 1.165) is 45.3 Å². The van der Waals surface area contributed by atoms with Crippen LogP contribution in [0.1, 0.15) is 32.6 Å². The lowest BCUT2D eigenvalue weighted by Crippen LogP contribution is -2.50.